The molecule has 2 N–H and O–H groups in total. The van der Waals surface area contributed by atoms with Crippen LogP contribution in [0.5, 0.6) is 0 Å². The van der Waals surface area contributed by atoms with Crippen LogP contribution < -0.4 is 4.72 Å². The third kappa shape index (κ3) is 4.78. The van der Waals surface area contributed by atoms with Crippen molar-refractivity contribution < 1.29 is 13.5 Å². The summed E-state index contributed by atoms with van der Waals surface area (Å²) in [5.74, 6) is 0.455. The van der Waals surface area contributed by atoms with E-state index in [1.807, 2.05) is 6.26 Å². The summed E-state index contributed by atoms with van der Waals surface area (Å²) in [4.78, 5) is 0.131. The first kappa shape index (κ1) is 15.8. The maximum absolute atomic E-state index is 11.9. The van der Waals surface area contributed by atoms with Gasteiger partial charge in [0.25, 0.3) is 0 Å². The molecule has 0 saturated heterocycles. The van der Waals surface area contributed by atoms with Crippen LogP contribution in [0.2, 0.25) is 5.02 Å². The summed E-state index contributed by atoms with van der Waals surface area (Å²) in [5, 5.41) is 10.4. The molecule has 0 radical (unpaired) electrons. The molecular weight excluding hydrogens is 294 g/mol. The molecule has 0 heterocycles. The second-order valence-electron chi connectivity index (χ2n) is 4.21. The fourth-order valence-electron chi connectivity index (χ4n) is 1.31. The van der Waals surface area contributed by atoms with E-state index in [0.29, 0.717) is 10.8 Å². The van der Waals surface area contributed by atoms with E-state index in [1.165, 1.54) is 36.0 Å². The lowest BCUT2D eigenvalue weighted by Gasteiger charge is -2.22. The Labute approximate surface area is 117 Å². The summed E-state index contributed by atoms with van der Waals surface area (Å²) in [7, 11) is -3.61. The van der Waals surface area contributed by atoms with Crippen molar-refractivity contribution in [2.24, 2.45) is 0 Å². The van der Waals surface area contributed by atoms with Crippen molar-refractivity contribution >= 4 is 33.4 Å². The third-order valence-electron chi connectivity index (χ3n) is 2.22. The Morgan fingerprint density at radius 1 is 1.39 bits per heavy atom. The van der Waals surface area contributed by atoms with Gasteiger partial charge in [-0.05, 0) is 37.4 Å². The molecule has 0 aliphatic carbocycles. The van der Waals surface area contributed by atoms with Crippen molar-refractivity contribution in [3.63, 3.8) is 0 Å². The third-order valence-corrected chi connectivity index (χ3v) is 4.80. The van der Waals surface area contributed by atoms with Crippen molar-refractivity contribution in [3.05, 3.63) is 29.3 Å². The van der Waals surface area contributed by atoms with Gasteiger partial charge in [-0.1, -0.05) is 11.6 Å². The number of rotatable bonds is 6. The highest BCUT2D eigenvalue weighted by Crippen LogP contribution is 2.15. The van der Waals surface area contributed by atoms with Crippen LogP contribution in [0.4, 0.5) is 0 Å². The van der Waals surface area contributed by atoms with Crippen LogP contribution in [0, 0.1) is 0 Å². The monoisotopic (exact) mass is 309 g/mol. The molecule has 0 spiro atoms. The Kier molecular flexibility index (Phi) is 5.48. The second kappa shape index (κ2) is 6.25. The number of sulfonamides is 1. The van der Waals surface area contributed by atoms with Crippen LogP contribution in [0.1, 0.15) is 6.92 Å². The van der Waals surface area contributed by atoms with E-state index in [1.54, 1.807) is 6.92 Å². The zero-order chi connectivity index (χ0) is 13.8. The van der Waals surface area contributed by atoms with E-state index >= 15 is 0 Å². The summed E-state index contributed by atoms with van der Waals surface area (Å²) < 4.78 is 26.2. The minimum Gasteiger partial charge on any atom is -0.388 e. The fourth-order valence-corrected chi connectivity index (χ4v) is 3.32. The van der Waals surface area contributed by atoms with E-state index < -0.39 is 15.6 Å². The Balaban J connectivity index is 2.74. The van der Waals surface area contributed by atoms with Gasteiger partial charge >= 0.3 is 0 Å². The van der Waals surface area contributed by atoms with Gasteiger partial charge in [-0.15, -0.1) is 0 Å². The number of halogens is 1. The number of hydrogen-bond acceptors (Lipinski definition) is 4. The van der Waals surface area contributed by atoms with Crippen LogP contribution in [-0.4, -0.2) is 37.7 Å². The number of aliphatic hydroxyl groups is 1. The first-order chi connectivity index (χ1) is 8.27. The molecule has 0 aliphatic heterocycles. The Morgan fingerprint density at radius 2 is 1.94 bits per heavy atom. The predicted molar refractivity (Wildman–Crippen MR) is 75.6 cm³/mol. The normalized spacial score (nSPS) is 15.3. The van der Waals surface area contributed by atoms with E-state index in [9.17, 15) is 13.5 Å². The molecule has 0 saturated carbocycles. The molecular formula is C11H16ClNO3S2. The maximum Gasteiger partial charge on any atom is 0.240 e. The molecule has 18 heavy (non-hydrogen) atoms. The zero-order valence-corrected chi connectivity index (χ0v) is 12.6. The fraction of sp³-hybridized carbons (Fsp3) is 0.455. The smallest absolute Gasteiger partial charge is 0.240 e. The van der Waals surface area contributed by atoms with Gasteiger partial charge in [0.15, 0.2) is 0 Å². The molecule has 0 aliphatic rings. The topological polar surface area (TPSA) is 66.4 Å². The largest absolute Gasteiger partial charge is 0.388 e. The van der Waals surface area contributed by atoms with Crippen LogP contribution >= 0.6 is 23.4 Å². The highest BCUT2D eigenvalue weighted by molar-refractivity contribution is 7.98. The molecule has 0 bridgehead atoms. The van der Waals surface area contributed by atoms with Gasteiger partial charge in [-0.25, -0.2) is 13.1 Å². The summed E-state index contributed by atoms with van der Waals surface area (Å²) >= 11 is 7.15. The van der Waals surface area contributed by atoms with Crippen LogP contribution in [0.25, 0.3) is 0 Å². The molecule has 0 fully saturated rings. The molecule has 4 nitrogen and oxygen atoms in total. The lowest BCUT2D eigenvalue weighted by atomic mass is 10.1. The van der Waals surface area contributed by atoms with Crippen LogP contribution in [-0.2, 0) is 10.0 Å². The molecule has 0 amide bonds. The average Bonchev–Trinajstić information content (AvgIpc) is 2.27. The number of hydrogen-bond donors (Lipinski definition) is 2. The maximum atomic E-state index is 11.9. The number of nitrogens with one attached hydrogen (secondary N) is 1. The quantitative estimate of drug-likeness (QED) is 0.840. The average molecular weight is 310 g/mol. The standard InChI is InChI=1S/C11H16ClNO3S2/c1-11(14,8-17-2)7-13-18(15,16)10-5-3-9(12)4-6-10/h3-6,13-14H,7-8H2,1-2H3. The lowest BCUT2D eigenvalue weighted by molar-refractivity contribution is 0.0908. The summed E-state index contributed by atoms with van der Waals surface area (Å²) in [6, 6.07) is 5.87. The van der Waals surface area contributed by atoms with Crippen molar-refractivity contribution in [3.8, 4) is 0 Å². The Bertz CT molecular complexity index is 486. The molecule has 1 rings (SSSR count). The van der Waals surface area contributed by atoms with Gasteiger partial charge in [0.05, 0.1) is 10.5 Å². The highest BCUT2D eigenvalue weighted by Gasteiger charge is 2.23. The zero-order valence-electron chi connectivity index (χ0n) is 10.2. The summed E-state index contributed by atoms with van der Waals surface area (Å²) in [5.41, 5.74) is -1.07. The molecule has 0 aromatic heterocycles. The SMILES string of the molecule is CSCC(C)(O)CNS(=O)(=O)c1ccc(Cl)cc1. The van der Waals surface area contributed by atoms with E-state index in [-0.39, 0.29) is 11.4 Å². The highest BCUT2D eigenvalue weighted by atomic mass is 35.5. The van der Waals surface area contributed by atoms with Crippen molar-refractivity contribution in [1.29, 1.82) is 0 Å². The van der Waals surface area contributed by atoms with E-state index in [2.05, 4.69) is 4.72 Å². The molecule has 1 unspecified atom stereocenters. The van der Waals surface area contributed by atoms with Crippen molar-refractivity contribution in [2.75, 3.05) is 18.6 Å². The minimum atomic E-state index is -3.61. The second-order valence-corrected chi connectivity index (χ2v) is 7.28. The molecule has 1 aromatic carbocycles. The number of benzene rings is 1. The molecule has 1 atom stereocenters. The summed E-state index contributed by atoms with van der Waals surface area (Å²) in [6.45, 7) is 1.56. The summed E-state index contributed by atoms with van der Waals surface area (Å²) in [6.07, 6.45) is 1.85. The van der Waals surface area contributed by atoms with Crippen LogP contribution in [0.15, 0.2) is 29.2 Å². The first-order valence-electron chi connectivity index (χ1n) is 5.23. The van der Waals surface area contributed by atoms with Gasteiger partial charge < -0.3 is 5.11 Å². The van der Waals surface area contributed by atoms with Gasteiger partial charge in [-0.2, -0.15) is 11.8 Å². The van der Waals surface area contributed by atoms with Gasteiger partial charge in [0.1, 0.15) is 0 Å². The Morgan fingerprint density at radius 3 is 2.44 bits per heavy atom. The molecule has 102 valence electrons. The van der Waals surface area contributed by atoms with E-state index in [0.717, 1.165) is 0 Å². The minimum absolute atomic E-state index is 0.0290. The number of thioether (sulfide) groups is 1. The lowest BCUT2D eigenvalue weighted by Crippen LogP contribution is -2.42. The van der Waals surface area contributed by atoms with E-state index in [4.69, 9.17) is 11.6 Å². The van der Waals surface area contributed by atoms with Gasteiger partial charge in [0, 0.05) is 17.3 Å². The molecule has 1 aromatic rings. The van der Waals surface area contributed by atoms with Gasteiger partial charge in [0.2, 0.25) is 10.0 Å². The molecule has 7 heteroatoms. The first-order valence-corrected chi connectivity index (χ1v) is 8.49. The van der Waals surface area contributed by atoms with Crippen LogP contribution in [0.3, 0.4) is 0 Å². The van der Waals surface area contributed by atoms with Gasteiger partial charge in [-0.3, -0.25) is 0 Å². The van der Waals surface area contributed by atoms with Crippen molar-refractivity contribution in [1.82, 2.24) is 4.72 Å². The van der Waals surface area contributed by atoms with Crippen molar-refractivity contribution in [2.45, 2.75) is 17.4 Å². The Hall–Kier alpha value is -0.270. The predicted octanol–water partition coefficient (Wildman–Crippen LogP) is 1.73.